The summed E-state index contributed by atoms with van der Waals surface area (Å²) in [6, 6.07) is 5.20. The van der Waals surface area contributed by atoms with E-state index in [0.29, 0.717) is 24.3 Å². The Kier molecular flexibility index (Phi) is 5.02. The van der Waals surface area contributed by atoms with Gasteiger partial charge in [-0.1, -0.05) is 12.8 Å². The van der Waals surface area contributed by atoms with Gasteiger partial charge in [0, 0.05) is 19.0 Å². The molecule has 1 aliphatic rings. The number of amides is 1. The molecule has 3 rings (SSSR count). The highest BCUT2D eigenvalue weighted by atomic mass is 16.4. The van der Waals surface area contributed by atoms with Crippen LogP contribution in [0, 0.1) is 0 Å². The average Bonchev–Trinajstić information content (AvgIpc) is 3.03. The minimum atomic E-state index is -0.695. The number of rotatable bonds is 4. The Hall–Kier alpha value is -2.21. The van der Waals surface area contributed by atoms with E-state index in [4.69, 9.17) is 4.42 Å². The molecular weight excluding hydrogens is 294 g/mol. The number of aliphatic hydroxyl groups is 1. The van der Waals surface area contributed by atoms with Crippen LogP contribution in [0.4, 0.5) is 0 Å². The molecule has 1 aliphatic heterocycles. The summed E-state index contributed by atoms with van der Waals surface area (Å²) in [6.07, 6.45) is 8.40. The largest absolute Gasteiger partial charge is 0.467 e. The SMILES string of the molecule is O=C(c1ccnnc1)N1CCCCC[C@@H]1C[C@H](O)c1ccco1. The molecule has 0 aromatic carbocycles. The van der Waals surface area contributed by atoms with Gasteiger partial charge >= 0.3 is 0 Å². The Bertz CT molecular complexity index is 615. The highest BCUT2D eigenvalue weighted by molar-refractivity contribution is 5.94. The van der Waals surface area contributed by atoms with Crippen LogP contribution in [0.5, 0.6) is 0 Å². The minimum absolute atomic E-state index is 0.00161. The van der Waals surface area contributed by atoms with Crippen LogP contribution in [0.1, 0.15) is 54.3 Å². The van der Waals surface area contributed by atoms with E-state index < -0.39 is 6.10 Å². The predicted molar refractivity (Wildman–Crippen MR) is 83.6 cm³/mol. The van der Waals surface area contributed by atoms with Gasteiger partial charge in [0.1, 0.15) is 11.9 Å². The van der Waals surface area contributed by atoms with Crippen molar-refractivity contribution in [3.63, 3.8) is 0 Å². The van der Waals surface area contributed by atoms with Gasteiger partial charge in [-0.25, -0.2) is 0 Å². The van der Waals surface area contributed by atoms with E-state index in [9.17, 15) is 9.90 Å². The summed E-state index contributed by atoms with van der Waals surface area (Å²) in [7, 11) is 0. The van der Waals surface area contributed by atoms with E-state index in [1.807, 2.05) is 4.90 Å². The zero-order chi connectivity index (χ0) is 16.1. The summed E-state index contributed by atoms with van der Waals surface area (Å²) in [5.74, 6) is 0.505. The molecule has 0 spiro atoms. The second kappa shape index (κ2) is 7.37. The first-order chi connectivity index (χ1) is 11.3. The van der Waals surface area contributed by atoms with E-state index in [0.717, 1.165) is 25.7 Å². The molecule has 2 aromatic heterocycles. The molecule has 6 heteroatoms. The lowest BCUT2D eigenvalue weighted by molar-refractivity contribution is 0.0557. The molecule has 1 N–H and O–H groups in total. The van der Waals surface area contributed by atoms with Gasteiger partial charge in [-0.05, 0) is 31.0 Å². The summed E-state index contributed by atoms with van der Waals surface area (Å²) in [4.78, 5) is 14.7. The zero-order valence-electron chi connectivity index (χ0n) is 13.0. The summed E-state index contributed by atoms with van der Waals surface area (Å²) < 4.78 is 5.28. The smallest absolute Gasteiger partial charge is 0.255 e. The van der Waals surface area contributed by atoms with Gasteiger partial charge in [0.15, 0.2) is 0 Å². The van der Waals surface area contributed by atoms with Crippen molar-refractivity contribution in [1.29, 1.82) is 0 Å². The standard InChI is InChI=1S/C17H21N3O3/c21-15(16-6-4-10-23-16)11-14-5-2-1-3-9-20(14)17(22)13-7-8-18-19-12-13/h4,6-8,10,12,14-15,21H,1-3,5,9,11H2/t14-,15+/m1/s1. The van der Waals surface area contributed by atoms with Gasteiger partial charge in [0.25, 0.3) is 5.91 Å². The maximum atomic E-state index is 12.8. The van der Waals surface area contributed by atoms with E-state index >= 15 is 0 Å². The number of nitrogens with zero attached hydrogens (tertiary/aromatic N) is 3. The lowest BCUT2D eigenvalue weighted by Gasteiger charge is -2.31. The summed E-state index contributed by atoms with van der Waals surface area (Å²) >= 11 is 0. The van der Waals surface area contributed by atoms with Crippen LogP contribution in [0.25, 0.3) is 0 Å². The number of furan rings is 1. The number of hydrogen-bond acceptors (Lipinski definition) is 5. The fourth-order valence-corrected chi connectivity index (χ4v) is 3.13. The second-order valence-electron chi connectivity index (χ2n) is 5.90. The lowest BCUT2D eigenvalue weighted by atomic mass is 10.0. The van der Waals surface area contributed by atoms with Crippen LogP contribution in [0.2, 0.25) is 0 Å². The first-order valence-electron chi connectivity index (χ1n) is 8.05. The van der Waals surface area contributed by atoms with Crippen LogP contribution in [0.3, 0.4) is 0 Å². The van der Waals surface area contributed by atoms with Crippen molar-refractivity contribution in [2.24, 2.45) is 0 Å². The molecule has 0 radical (unpaired) electrons. The van der Waals surface area contributed by atoms with Gasteiger partial charge in [-0.3, -0.25) is 4.79 Å². The summed E-state index contributed by atoms with van der Waals surface area (Å²) in [6.45, 7) is 0.705. The Balaban J connectivity index is 1.76. The van der Waals surface area contributed by atoms with Gasteiger partial charge in [0.05, 0.1) is 24.2 Å². The number of carbonyl (C=O) groups excluding carboxylic acids is 1. The molecule has 0 saturated carbocycles. The van der Waals surface area contributed by atoms with E-state index in [1.165, 1.54) is 12.4 Å². The second-order valence-corrected chi connectivity index (χ2v) is 5.90. The van der Waals surface area contributed by atoms with Crippen LogP contribution < -0.4 is 0 Å². The fourth-order valence-electron chi connectivity index (χ4n) is 3.13. The minimum Gasteiger partial charge on any atom is -0.467 e. The Labute approximate surface area is 135 Å². The summed E-state index contributed by atoms with van der Waals surface area (Å²) in [5.41, 5.74) is 0.541. The highest BCUT2D eigenvalue weighted by Crippen LogP contribution is 2.27. The molecule has 122 valence electrons. The van der Waals surface area contributed by atoms with Gasteiger partial charge in [-0.2, -0.15) is 10.2 Å². The quantitative estimate of drug-likeness (QED) is 0.938. The molecule has 3 heterocycles. The Morgan fingerprint density at radius 1 is 1.35 bits per heavy atom. The van der Waals surface area contributed by atoms with Crippen molar-refractivity contribution in [1.82, 2.24) is 15.1 Å². The van der Waals surface area contributed by atoms with Gasteiger partial charge in [-0.15, -0.1) is 0 Å². The molecule has 1 fully saturated rings. The summed E-state index contributed by atoms with van der Waals surface area (Å²) in [5, 5.41) is 17.9. The third kappa shape index (κ3) is 3.76. The first kappa shape index (κ1) is 15.7. The van der Waals surface area contributed by atoms with Crippen LogP contribution in [-0.2, 0) is 0 Å². The number of likely N-dealkylation sites (tertiary alicyclic amines) is 1. The van der Waals surface area contributed by atoms with Crippen molar-refractivity contribution >= 4 is 5.91 Å². The Morgan fingerprint density at radius 3 is 3.00 bits per heavy atom. The monoisotopic (exact) mass is 315 g/mol. The fraction of sp³-hybridized carbons (Fsp3) is 0.471. The maximum Gasteiger partial charge on any atom is 0.255 e. The number of carbonyl (C=O) groups is 1. The van der Waals surface area contributed by atoms with Gasteiger partial charge < -0.3 is 14.4 Å². The molecule has 1 amide bonds. The van der Waals surface area contributed by atoms with Crippen molar-refractivity contribution < 1.29 is 14.3 Å². The molecule has 0 bridgehead atoms. The third-order valence-corrected chi connectivity index (χ3v) is 4.34. The molecule has 6 nitrogen and oxygen atoms in total. The molecule has 0 aliphatic carbocycles. The van der Waals surface area contributed by atoms with Crippen molar-refractivity contribution in [2.45, 2.75) is 44.2 Å². The number of aliphatic hydroxyl groups excluding tert-OH is 1. The number of aromatic nitrogens is 2. The van der Waals surface area contributed by atoms with Crippen molar-refractivity contribution in [2.75, 3.05) is 6.54 Å². The maximum absolute atomic E-state index is 12.8. The van der Waals surface area contributed by atoms with Crippen LogP contribution in [-0.4, -0.2) is 38.7 Å². The van der Waals surface area contributed by atoms with Crippen molar-refractivity contribution in [3.8, 4) is 0 Å². The van der Waals surface area contributed by atoms with E-state index in [1.54, 1.807) is 24.5 Å². The van der Waals surface area contributed by atoms with Crippen LogP contribution >= 0.6 is 0 Å². The molecule has 1 saturated heterocycles. The molecule has 2 aromatic rings. The molecule has 23 heavy (non-hydrogen) atoms. The normalized spacial score (nSPS) is 20.0. The van der Waals surface area contributed by atoms with Gasteiger partial charge in [0.2, 0.25) is 0 Å². The number of hydrogen-bond donors (Lipinski definition) is 1. The highest BCUT2D eigenvalue weighted by Gasteiger charge is 2.29. The third-order valence-electron chi connectivity index (χ3n) is 4.34. The van der Waals surface area contributed by atoms with E-state index in [-0.39, 0.29) is 11.9 Å². The lowest BCUT2D eigenvalue weighted by Crippen LogP contribution is -2.41. The predicted octanol–water partition coefficient (Wildman–Crippen LogP) is 2.58. The topological polar surface area (TPSA) is 79.5 Å². The van der Waals surface area contributed by atoms with Crippen molar-refractivity contribution in [3.05, 3.63) is 48.2 Å². The first-order valence-corrected chi connectivity index (χ1v) is 8.05. The molecular formula is C17H21N3O3. The average molecular weight is 315 g/mol. The zero-order valence-corrected chi connectivity index (χ0v) is 13.0. The molecule has 0 unspecified atom stereocenters. The van der Waals surface area contributed by atoms with Crippen LogP contribution in [0.15, 0.2) is 41.3 Å². The molecule has 2 atom stereocenters. The van der Waals surface area contributed by atoms with E-state index in [2.05, 4.69) is 10.2 Å². The Morgan fingerprint density at radius 2 is 2.26 bits per heavy atom.